The molecule has 1 aliphatic carbocycles. The van der Waals surface area contributed by atoms with E-state index in [0.717, 1.165) is 63.9 Å². The van der Waals surface area contributed by atoms with Crippen LogP contribution in [0.2, 0.25) is 0 Å². The zero-order valence-electron chi connectivity index (χ0n) is 17.1. The van der Waals surface area contributed by atoms with E-state index in [1.54, 1.807) is 0 Å². The molecule has 0 spiro atoms. The van der Waals surface area contributed by atoms with E-state index < -0.39 is 0 Å². The van der Waals surface area contributed by atoms with E-state index in [1.165, 1.54) is 32.1 Å². The average Bonchev–Trinajstić information content (AvgIpc) is 3.04. The number of aliphatic imine (C=N–C) groups is 1. The van der Waals surface area contributed by atoms with Crippen molar-refractivity contribution in [2.45, 2.75) is 64.3 Å². The maximum absolute atomic E-state index is 11.7. The Morgan fingerprint density at radius 3 is 2.62 bits per heavy atom. The van der Waals surface area contributed by atoms with E-state index >= 15 is 0 Å². The second kappa shape index (κ2) is 11.4. The lowest BCUT2D eigenvalue weighted by atomic mass is 9.83. The molecule has 1 unspecified atom stereocenters. The number of hydrogen-bond acceptors (Lipinski definition) is 3. The predicted octanol–water partition coefficient (Wildman–Crippen LogP) is 2.06. The molecule has 150 valence electrons. The van der Waals surface area contributed by atoms with Gasteiger partial charge in [-0.1, -0.05) is 19.3 Å². The van der Waals surface area contributed by atoms with Gasteiger partial charge in [-0.2, -0.15) is 0 Å². The molecule has 1 aliphatic heterocycles. The Labute approximate surface area is 159 Å². The van der Waals surface area contributed by atoms with Crippen LogP contribution in [-0.4, -0.2) is 74.5 Å². The Hall–Kier alpha value is -1.30. The first-order valence-corrected chi connectivity index (χ1v) is 10.6. The summed E-state index contributed by atoms with van der Waals surface area (Å²) in [5, 5.41) is 6.80. The van der Waals surface area contributed by atoms with Gasteiger partial charge in [-0.25, -0.2) is 0 Å². The second-order valence-electron chi connectivity index (χ2n) is 7.91. The number of nitrogens with one attached hydrogen (secondary N) is 2. The molecule has 26 heavy (non-hydrogen) atoms. The average molecular weight is 366 g/mol. The van der Waals surface area contributed by atoms with E-state index in [1.807, 2.05) is 4.90 Å². The molecule has 2 rings (SSSR count). The van der Waals surface area contributed by atoms with Crippen molar-refractivity contribution >= 4 is 11.9 Å². The summed E-state index contributed by atoms with van der Waals surface area (Å²) in [6, 6.07) is 0.521. The van der Waals surface area contributed by atoms with Crippen LogP contribution in [0.4, 0.5) is 0 Å². The molecule has 1 amide bonds. The van der Waals surface area contributed by atoms with Crippen LogP contribution in [0.15, 0.2) is 4.99 Å². The Bertz CT molecular complexity index is 445. The summed E-state index contributed by atoms with van der Waals surface area (Å²) >= 11 is 0. The summed E-state index contributed by atoms with van der Waals surface area (Å²) in [5.41, 5.74) is 0. The number of carbonyl (C=O) groups is 1. The molecular formula is C20H39N5O. The molecule has 2 fully saturated rings. The Morgan fingerprint density at radius 2 is 2.00 bits per heavy atom. The van der Waals surface area contributed by atoms with Crippen LogP contribution in [0.3, 0.4) is 0 Å². The van der Waals surface area contributed by atoms with Crippen LogP contribution in [0.5, 0.6) is 0 Å². The lowest BCUT2D eigenvalue weighted by Gasteiger charge is -2.34. The van der Waals surface area contributed by atoms with E-state index in [0.29, 0.717) is 11.9 Å². The lowest BCUT2D eigenvalue weighted by Crippen LogP contribution is -2.42. The molecule has 0 aromatic carbocycles. The molecule has 2 N–H and O–H groups in total. The topological polar surface area (TPSA) is 60.0 Å². The highest BCUT2D eigenvalue weighted by atomic mass is 16.2. The van der Waals surface area contributed by atoms with Crippen molar-refractivity contribution in [2.75, 3.05) is 46.8 Å². The fourth-order valence-corrected chi connectivity index (χ4v) is 4.20. The van der Waals surface area contributed by atoms with Crippen molar-refractivity contribution in [3.63, 3.8) is 0 Å². The van der Waals surface area contributed by atoms with Crippen LogP contribution >= 0.6 is 0 Å². The number of likely N-dealkylation sites (N-methyl/N-ethyl adjacent to an activating group) is 1. The number of hydrogen-bond donors (Lipinski definition) is 2. The zero-order chi connectivity index (χ0) is 18.8. The quantitative estimate of drug-likeness (QED) is 0.373. The van der Waals surface area contributed by atoms with Gasteiger partial charge in [-0.15, -0.1) is 0 Å². The van der Waals surface area contributed by atoms with Crippen molar-refractivity contribution < 1.29 is 4.79 Å². The fourth-order valence-electron chi connectivity index (χ4n) is 4.20. The Kier molecular flexibility index (Phi) is 9.23. The molecule has 1 atom stereocenters. The number of carbonyl (C=O) groups excluding carboxylic acids is 1. The smallest absolute Gasteiger partial charge is 0.222 e. The largest absolute Gasteiger partial charge is 0.357 e. The van der Waals surface area contributed by atoms with Crippen molar-refractivity contribution in [1.82, 2.24) is 20.4 Å². The minimum Gasteiger partial charge on any atom is -0.357 e. The minimum absolute atomic E-state index is 0.312. The number of nitrogens with zero attached hydrogens (tertiary/aromatic N) is 3. The number of rotatable bonds is 9. The molecule has 0 aromatic heterocycles. The highest BCUT2D eigenvalue weighted by Crippen LogP contribution is 2.28. The van der Waals surface area contributed by atoms with Gasteiger partial charge in [-0.05, 0) is 52.6 Å². The minimum atomic E-state index is 0.312. The number of guanidine groups is 1. The van der Waals surface area contributed by atoms with Crippen LogP contribution in [0, 0.1) is 5.92 Å². The van der Waals surface area contributed by atoms with Crippen LogP contribution in [-0.2, 0) is 4.79 Å². The molecule has 0 aromatic rings. The second-order valence-corrected chi connectivity index (χ2v) is 7.91. The molecule has 1 saturated heterocycles. The maximum atomic E-state index is 11.7. The van der Waals surface area contributed by atoms with Gasteiger partial charge in [0.2, 0.25) is 5.91 Å². The van der Waals surface area contributed by atoms with Gasteiger partial charge in [0.1, 0.15) is 0 Å². The lowest BCUT2D eigenvalue weighted by molar-refractivity contribution is -0.127. The van der Waals surface area contributed by atoms with Crippen LogP contribution in [0.1, 0.15) is 58.3 Å². The normalized spacial score (nSPS) is 20.7. The fraction of sp³-hybridized carbons (Fsp3) is 0.900. The van der Waals surface area contributed by atoms with Crippen molar-refractivity contribution in [1.29, 1.82) is 0 Å². The Balaban J connectivity index is 1.78. The van der Waals surface area contributed by atoms with E-state index in [-0.39, 0.29) is 0 Å². The van der Waals surface area contributed by atoms with Gasteiger partial charge < -0.3 is 20.4 Å². The van der Waals surface area contributed by atoms with Crippen molar-refractivity contribution in [3.05, 3.63) is 0 Å². The predicted molar refractivity (Wildman–Crippen MR) is 108 cm³/mol. The summed E-state index contributed by atoms with van der Waals surface area (Å²) in [5.74, 6) is 1.99. The van der Waals surface area contributed by atoms with Crippen molar-refractivity contribution in [2.24, 2.45) is 10.9 Å². The number of likely N-dealkylation sites (tertiary alicyclic amines) is 1. The first-order valence-electron chi connectivity index (χ1n) is 10.6. The van der Waals surface area contributed by atoms with Gasteiger partial charge in [-0.3, -0.25) is 9.79 Å². The third-order valence-electron chi connectivity index (χ3n) is 5.71. The van der Waals surface area contributed by atoms with Gasteiger partial charge in [0.05, 0.1) is 6.54 Å². The molecule has 0 radical (unpaired) electrons. The van der Waals surface area contributed by atoms with E-state index in [2.05, 4.69) is 36.6 Å². The Morgan fingerprint density at radius 1 is 1.23 bits per heavy atom. The summed E-state index contributed by atoms with van der Waals surface area (Å²) in [7, 11) is 4.37. The van der Waals surface area contributed by atoms with Gasteiger partial charge >= 0.3 is 0 Å². The monoisotopic (exact) mass is 365 g/mol. The highest BCUT2D eigenvalue weighted by molar-refractivity contribution is 5.79. The summed E-state index contributed by atoms with van der Waals surface area (Å²) in [4.78, 5) is 20.9. The van der Waals surface area contributed by atoms with Gasteiger partial charge in [0, 0.05) is 38.6 Å². The molecule has 2 aliphatic rings. The molecule has 6 heteroatoms. The van der Waals surface area contributed by atoms with Gasteiger partial charge in [0.15, 0.2) is 5.96 Å². The third-order valence-corrected chi connectivity index (χ3v) is 5.71. The molecule has 6 nitrogen and oxygen atoms in total. The maximum Gasteiger partial charge on any atom is 0.222 e. The van der Waals surface area contributed by atoms with E-state index in [4.69, 9.17) is 4.99 Å². The van der Waals surface area contributed by atoms with E-state index in [9.17, 15) is 4.79 Å². The van der Waals surface area contributed by atoms with Crippen LogP contribution in [0.25, 0.3) is 0 Å². The summed E-state index contributed by atoms with van der Waals surface area (Å²) < 4.78 is 0. The number of amides is 1. The zero-order valence-corrected chi connectivity index (χ0v) is 17.1. The molecular weight excluding hydrogens is 326 g/mol. The van der Waals surface area contributed by atoms with Gasteiger partial charge in [0.25, 0.3) is 0 Å². The van der Waals surface area contributed by atoms with Crippen molar-refractivity contribution in [3.8, 4) is 0 Å². The summed E-state index contributed by atoms with van der Waals surface area (Å²) in [6.07, 6.45) is 9.52. The SMILES string of the molecule is CCNC(=NCC(C1CCCCC1)N(C)C)NCCCN1CCCC1=O. The van der Waals surface area contributed by atoms with Crippen LogP contribution < -0.4 is 10.6 Å². The standard InChI is InChI=1S/C20H39N5O/c1-4-21-20(22-13-9-15-25-14-8-12-19(25)26)23-16-18(24(2)3)17-10-6-5-7-11-17/h17-18H,4-16H2,1-3H3,(H2,21,22,23). The molecule has 1 saturated carbocycles. The molecule has 0 bridgehead atoms. The third kappa shape index (κ3) is 6.78. The highest BCUT2D eigenvalue weighted by Gasteiger charge is 2.25. The molecule has 1 heterocycles. The first kappa shape index (κ1) is 21.0. The first-order chi connectivity index (χ1) is 12.6. The summed E-state index contributed by atoms with van der Waals surface area (Å²) in [6.45, 7) is 6.45.